The van der Waals surface area contributed by atoms with E-state index < -0.39 is 17.0 Å². The Bertz CT molecular complexity index is 477. The highest BCUT2D eigenvalue weighted by molar-refractivity contribution is 5.67. The third kappa shape index (κ3) is 4.51. The van der Waals surface area contributed by atoms with Gasteiger partial charge in [-0.2, -0.15) is 0 Å². The van der Waals surface area contributed by atoms with Crippen LogP contribution in [0.2, 0.25) is 0 Å². The minimum absolute atomic E-state index is 0.109. The van der Waals surface area contributed by atoms with Gasteiger partial charge in [0.05, 0.1) is 17.4 Å². The number of aliphatic carboxylic acids is 1. The van der Waals surface area contributed by atoms with Crippen molar-refractivity contribution in [2.75, 3.05) is 19.0 Å². The Labute approximate surface area is 109 Å². The van der Waals surface area contributed by atoms with Crippen molar-refractivity contribution in [1.29, 1.82) is 0 Å². The van der Waals surface area contributed by atoms with E-state index in [0.29, 0.717) is 5.69 Å². The van der Waals surface area contributed by atoms with Crippen LogP contribution in [0.25, 0.3) is 0 Å². The fourth-order valence-electron chi connectivity index (χ4n) is 1.47. The van der Waals surface area contributed by atoms with Crippen molar-refractivity contribution in [3.63, 3.8) is 0 Å². The number of rotatable bonds is 7. The molecule has 0 saturated heterocycles. The Morgan fingerprint density at radius 3 is 2.84 bits per heavy atom. The Morgan fingerprint density at radius 2 is 2.32 bits per heavy atom. The lowest BCUT2D eigenvalue weighted by Gasteiger charge is -2.14. The molecule has 0 fully saturated rings. The van der Waals surface area contributed by atoms with Crippen LogP contribution in [0.4, 0.5) is 11.5 Å². The van der Waals surface area contributed by atoms with Crippen molar-refractivity contribution in [3.8, 4) is 0 Å². The molecule has 104 valence electrons. The summed E-state index contributed by atoms with van der Waals surface area (Å²) in [4.78, 5) is 24.9. The Kier molecular flexibility index (Phi) is 5.19. The van der Waals surface area contributed by atoms with Gasteiger partial charge < -0.3 is 15.2 Å². The van der Waals surface area contributed by atoms with Crippen LogP contribution in [0.5, 0.6) is 0 Å². The number of pyridine rings is 1. The fraction of sp³-hybridized carbons (Fsp3) is 0.455. The number of nitro groups is 1. The minimum atomic E-state index is -1.000. The highest BCUT2D eigenvalue weighted by Crippen LogP contribution is 2.21. The van der Waals surface area contributed by atoms with Crippen LogP contribution in [0.15, 0.2) is 12.1 Å². The number of carboxylic acids is 1. The molecule has 0 aliphatic rings. The lowest BCUT2D eigenvalue weighted by Crippen LogP contribution is -2.25. The topological polar surface area (TPSA) is 115 Å². The molecule has 1 heterocycles. The second kappa shape index (κ2) is 6.64. The number of hydrogen-bond acceptors (Lipinski definition) is 6. The van der Waals surface area contributed by atoms with Crippen LogP contribution >= 0.6 is 0 Å². The Hall–Kier alpha value is -2.22. The first kappa shape index (κ1) is 14.8. The highest BCUT2D eigenvalue weighted by atomic mass is 16.6. The molecule has 19 heavy (non-hydrogen) atoms. The third-order valence-electron chi connectivity index (χ3n) is 2.44. The minimum Gasteiger partial charge on any atom is -0.481 e. The van der Waals surface area contributed by atoms with Gasteiger partial charge in [-0.15, -0.1) is 0 Å². The number of aryl methyl sites for hydroxylation is 1. The molecule has 0 aromatic carbocycles. The maximum Gasteiger partial charge on any atom is 0.311 e. The molecule has 1 rings (SSSR count). The zero-order chi connectivity index (χ0) is 14.4. The first-order valence-corrected chi connectivity index (χ1v) is 5.54. The molecule has 8 heteroatoms. The van der Waals surface area contributed by atoms with Crippen molar-refractivity contribution in [1.82, 2.24) is 4.98 Å². The van der Waals surface area contributed by atoms with E-state index in [0.717, 1.165) is 0 Å². The molecule has 0 saturated carbocycles. The Balaban J connectivity index is 2.78. The summed E-state index contributed by atoms with van der Waals surface area (Å²) in [5.41, 5.74) is 0.469. The lowest BCUT2D eigenvalue weighted by atomic mass is 10.2. The Morgan fingerprint density at radius 1 is 1.63 bits per heavy atom. The maximum absolute atomic E-state index is 10.8. The molecule has 0 amide bonds. The molecule has 1 aromatic heterocycles. The van der Waals surface area contributed by atoms with E-state index >= 15 is 0 Å². The number of aromatic nitrogens is 1. The summed E-state index contributed by atoms with van der Waals surface area (Å²) in [6, 6.07) is 2.89. The number of ether oxygens (including phenoxy) is 1. The summed E-state index contributed by atoms with van der Waals surface area (Å²) in [5, 5.41) is 22.2. The largest absolute Gasteiger partial charge is 0.481 e. The predicted octanol–water partition coefficient (Wildman–Crippen LogP) is 1.20. The van der Waals surface area contributed by atoms with Gasteiger partial charge in [-0.1, -0.05) is 0 Å². The lowest BCUT2D eigenvalue weighted by molar-refractivity contribution is -0.384. The molecule has 8 nitrogen and oxygen atoms in total. The van der Waals surface area contributed by atoms with E-state index in [1.54, 1.807) is 6.92 Å². The molecule has 0 spiro atoms. The first-order valence-electron chi connectivity index (χ1n) is 5.54. The van der Waals surface area contributed by atoms with Crippen LogP contribution in [-0.2, 0) is 9.53 Å². The van der Waals surface area contributed by atoms with Crippen LogP contribution in [0.3, 0.4) is 0 Å². The van der Waals surface area contributed by atoms with Crippen LogP contribution in [-0.4, -0.2) is 40.7 Å². The summed E-state index contributed by atoms with van der Waals surface area (Å²) >= 11 is 0. The number of carbonyl (C=O) groups is 1. The van der Waals surface area contributed by atoms with E-state index in [-0.39, 0.29) is 24.5 Å². The zero-order valence-electron chi connectivity index (χ0n) is 10.6. The molecule has 1 aromatic rings. The number of nitrogens with one attached hydrogen (secondary N) is 1. The average Bonchev–Trinajstić information content (AvgIpc) is 2.33. The molecule has 2 N–H and O–H groups in total. The second-order valence-electron chi connectivity index (χ2n) is 3.91. The third-order valence-corrected chi connectivity index (χ3v) is 2.44. The molecule has 0 bridgehead atoms. The van der Waals surface area contributed by atoms with Gasteiger partial charge in [0.15, 0.2) is 0 Å². The SMILES string of the molecule is COC(CNc1nc(C)ccc1[N+](=O)[O-])CC(=O)O. The number of carboxylic acid groups (broad SMARTS) is 1. The molecule has 0 radical (unpaired) electrons. The van der Waals surface area contributed by atoms with Gasteiger partial charge in [-0.05, 0) is 13.0 Å². The van der Waals surface area contributed by atoms with E-state index in [1.165, 1.54) is 19.2 Å². The van der Waals surface area contributed by atoms with Crippen molar-refractivity contribution >= 4 is 17.5 Å². The van der Waals surface area contributed by atoms with Crippen molar-refractivity contribution < 1.29 is 19.6 Å². The zero-order valence-corrected chi connectivity index (χ0v) is 10.6. The molecule has 1 atom stereocenters. The van der Waals surface area contributed by atoms with Crippen LogP contribution in [0.1, 0.15) is 12.1 Å². The van der Waals surface area contributed by atoms with Crippen LogP contribution in [0, 0.1) is 17.0 Å². The number of anilines is 1. The normalized spacial score (nSPS) is 11.9. The second-order valence-corrected chi connectivity index (χ2v) is 3.91. The van der Waals surface area contributed by atoms with Crippen molar-refractivity contribution in [2.45, 2.75) is 19.4 Å². The van der Waals surface area contributed by atoms with E-state index in [4.69, 9.17) is 9.84 Å². The highest BCUT2D eigenvalue weighted by Gasteiger charge is 2.18. The van der Waals surface area contributed by atoms with Gasteiger partial charge >= 0.3 is 11.7 Å². The molecule has 0 aliphatic heterocycles. The fourth-order valence-corrected chi connectivity index (χ4v) is 1.47. The smallest absolute Gasteiger partial charge is 0.311 e. The van der Waals surface area contributed by atoms with Crippen molar-refractivity contribution in [3.05, 3.63) is 27.9 Å². The van der Waals surface area contributed by atoms with E-state index in [1.807, 2.05) is 0 Å². The summed E-state index contributed by atoms with van der Waals surface area (Å²) in [6.45, 7) is 1.83. The number of methoxy groups -OCH3 is 1. The summed E-state index contributed by atoms with van der Waals surface area (Å²) < 4.78 is 4.97. The summed E-state index contributed by atoms with van der Waals surface area (Å²) in [5.74, 6) is -0.891. The molecular formula is C11H15N3O5. The molecular weight excluding hydrogens is 254 g/mol. The quantitative estimate of drug-likeness (QED) is 0.564. The van der Waals surface area contributed by atoms with Gasteiger partial charge in [0.25, 0.3) is 0 Å². The molecule has 1 unspecified atom stereocenters. The maximum atomic E-state index is 10.8. The number of hydrogen-bond donors (Lipinski definition) is 2. The van der Waals surface area contributed by atoms with Gasteiger partial charge in [-0.25, -0.2) is 4.98 Å². The van der Waals surface area contributed by atoms with Crippen molar-refractivity contribution in [2.24, 2.45) is 0 Å². The van der Waals surface area contributed by atoms with E-state index in [9.17, 15) is 14.9 Å². The predicted molar refractivity (Wildman–Crippen MR) is 67.2 cm³/mol. The van der Waals surface area contributed by atoms with E-state index in [2.05, 4.69) is 10.3 Å². The van der Waals surface area contributed by atoms with Crippen LogP contribution < -0.4 is 5.32 Å². The number of nitrogens with zero attached hydrogens (tertiary/aromatic N) is 2. The summed E-state index contributed by atoms with van der Waals surface area (Å²) in [7, 11) is 1.38. The monoisotopic (exact) mass is 269 g/mol. The first-order chi connectivity index (χ1) is 8.93. The van der Waals surface area contributed by atoms with Gasteiger partial charge in [0, 0.05) is 25.4 Å². The van der Waals surface area contributed by atoms with Gasteiger partial charge in [-0.3, -0.25) is 14.9 Å². The standard InChI is InChI=1S/C11H15N3O5/c1-7-3-4-9(14(17)18)11(13-7)12-6-8(19-2)5-10(15)16/h3-4,8H,5-6H2,1-2H3,(H,12,13)(H,15,16). The average molecular weight is 269 g/mol. The van der Waals surface area contributed by atoms with Gasteiger partial charge in [0.1, 0.15) is 0 Å². The summed E-state index contributed by atoms with van der Waals surface area (Å²) in [6.07, 6.45) is -0.775. The molecule has 0 aliphatic carbocycles. The van der Waals surface area contributed by atoms with Gasteiger partial charge in [0.2, 0.25) is 5.82 Å².